The number of nitrogens with zero attached hydrogens (tertiary/aromatic N) is 1. The van der Waals surface area contributed by atoms with E-state index in [1.807, 2.05) is 0 Å². The van der Waals surface area contributed by atoms with Gasteiger partial charge >= 0.3 is 5.97 Å². The lowest BCUT2D eigenvalue weighted by atomic mass is 9.98. The zero-order chi connectivity index (χ0) is 13.0. The Labute approximate surface area is 119 Å². The van der Waals surface area contributed by atoms with Crippen LogP contribution in [0.1, 0.15) is 12.8 Å². The second-order valence-corrected chi connectivity index (χ2v) is 5.26. The molecule has 1 N–H and O–H groups in total. The Kier molecular flexibility index (Phi) is 4.76. The number of carbonyl (C=O) groups excluding carboxylic acids is 1. The summed E-state index contributed by atoms with van der Waals surface area (Å²) >= 11 is 2.09. The second-order valence-electron chi connectivity index (χ2n) is 4.10. The first-order chi connectivity index (χ1) is 8.70. The number of piperidine rings is 1. The molecule has 0 aromatic carbocycles. The van der Waals surface area contributed by atoms with Crippen LogP contribution in [0, 0.1) is 9.49 Å². The van der Waals surface area contributed by atoms with Gasteiger partial charge in [0.2, 0.25) is 5.88 Å². The Bertz CT molecular complexity index is 433. The van der Waals surface area contributed by atoms with Crippen molar-refractivity contribution in [3.8, 4) is 11.6 Å². The van der Waals surface area contributed by atoms with E-state index >= 15 is 0 Å². The predicted octanol–water partition coefficient (Wildman–Crippen LogP) is 1.60. The van der Waals surface area contributed by atoms with Crippen LogP contribution in [0.3, 0.4) is 0 Å². The van der Waals surface area contributed by atoms with Gasteiger partial charge in [-0.2, -0.15) is 0 Å². The van der Waals surface area contributed by atoms with E-state index in [-0.39, 0.29) is 11.9 Å². The highest BCUT2D eigenvalue weighted by Gasteiger charge is 2.23. The molecule has 2 rings (SSSR count). The van der Waals surface area contributed by atoms with Gasteiger partial charge in [0.05, 0.1) is 16.6 Å². The van der Waals surface area contributed by atoms with Crippen molar-refractivity contribution in [3.63, 3.8) is 0 Å². The molecule has 18 heavy (non-hydrogen) atoms. The smallest absolute Gasteiger partial charge is 0.314 e. The van der Waals surface area contributed by atoms with Gasteiger partial charge in [0.15, 0.2) is 5.75 Å². The highest BCUT2D eigenvalue weighted by Crippen LogP contribution is 2.25. The van der Waals surface area contributed by atoms with Gasteiger partial charge in [-0.05, 0) is 48.5 Å². The van der Waals surface area contributed by atoms with Gasteiger partial charge in [0, 0.05) is 12.3 Å². The third-order valence-corrected chi connectivity index (χ3v) is 3.70. The number of ether oxygens (including phenoxy) is 2. The zero-order valence-electron chi connectivity index (χ0n) is 10.1. The van der Waals surface area contributed by atoms with E-state index in [1.54, 1.807) is 12.3 Å². The van der Waals surface area contributed by atoms with E-state index in [0.717, 1.165) is 29.5 Å². The summed E-state index contributed by atoms with van der Waals surface area (Å²) in [5.41, 5.74) is 0. The molecule has 1 fully saturated rings. The van der Waals surface area contributed by atoms with E-state index in [2.05, 4.69) is 32.9 Å². The van der Waals surface area contributed by atoms with E-state index in [1.165, 1.54) is 7.11 Å². The molecule has 1 aromatic rings. The summed E-state index contributed by atoms with van der Waals surface area (Å²) in [4.78, 5) is 16.1. The molecule has 6 heteroatoms. The summed E-state index contributed by atoms with van der Waals surface area (Å²) in [6, 6.07) is 1.64. The first-order valence-corrected chi connectivity index (χ1v) is 6.90. The predicted molar refractivity (Wildman–Crippen MR) is 74.7 cm³/mol. The maximum absolute atomic E-state index is 12.0. The van der Waals surface area contributed by atoms with Gasteiger partial charge in [-0.1, -0.05) is 0 Å². The van der Waals surface area contributed by atoms with Crippen LogP contribution >= 0.6 is 22.6 Å². The SMILES string of the molecule is COc1cc(OC(=O)C2CCNCC2)c(I)cn1. The highest BCUT2D eigenvalue weighted by molar-refractivity contribution is 14.1. The maximum Gasteiger partial charge on any atom is 0.314 e. The van der Waals surface area contributed by atoms with Crippen molar-refractivity contribution in [1.29, 1.82) is 0 Å². The fraction of sp³-hybridized carbons (Fsp3) is 0.500. The molecular formula is C12H15IN2O3. The second kappa shape index (κ2) is 6.33. The third kappa shape index (κ3) is 3.32. The van der Waals surface area contributed by atoms with Crippen molar-refractivity contribution in [2.75, 3.05) is 20.2 Å². The number of esters is 1. The van der Waals surface area contributed by atoms with Crippen LogP contribution in [0.4, 0.5) is 0 Å². The van der Waals surface area contributed by atoms with Crippen LogP contribution in [0.25, 0.3) is 0 Å². The Morgan fingerprint density at radius 2 is 2.22 bits per heavy atom. The number of aromatic nitrogens is 1. The molecular weight excluding hydrogens is 347 g/mol. The fourth-order valence-electron chi connectivity index (χ4n) is 1.84. The van der Waals surface area contributed by atoms with Gasteiger partial charge in [-0.15, -0.1) is 0 Å². The standard InChI is InChI=1S/C12H15IN2O3/c1-17-11-6-10(9(13)7-15-11)18-12(16)8-2-4-14-5-3-8/h6-8,14H,2-5H2,1H3. The first-order valence-electron chi connectivity index (χ1n) is 5.82. The molecule has 0 spiro atoms. The molecule has 0 unspecified atom stereocenters. The highest BCUT2D eigenvalue weighted by atomic mass is 127. The summed E-state index contributed by atoms with van der Waals surface area (Å²) in [5.74, 6) is 0.790. The van der Waals surface area contributed by atoms with Crippen molar-refractivity contribution < 1.29 is 14.3 Å². The van der Waals surface area contributed by atoms with Crippen molar-refractivity contribution in [2.45, 2.75) is 12.8 Å². The van der Waals surface area contributed by atoms with Crippen molar-refractivity contribution in [3.05, 3.63) is 15.8 Å². The summed E-state index contributed by atoms with van der Waals surface area (Å²) < 4.78 is 11.3. The number of nitrogens with one attached hydrogen (secondary N) is 1. The van der Waals surface area contributed by atoms with E-state index in [4.69, 9.17) is 9.47 Å². The molecule has 0 radical (unpaired) electrons. The number of hydrogen-bond donors (Lipinski definition) is 1. The average molecular weight is 362 g/mol. The quantitative estimate of drug-likeness (QED) is 0.654. The van der Waals surface area contributed by atoms with Crippen LogP contribution < -0.4 is 14.8 Å². The minimum atomic E-state index is -0.164. The van der Waals surface area contributed by atoms with Crippen molar-refractivity contribution in [2.24, 2.45) is 5.92 Å². The Morgan fingerprint density at radius 1 is 1.50 bits per heavy atom. The van der Waals surface area contributed by atoms with Crippen LogP contribution in [-0.2, 0) is 4.79 Å². The molecule has 0 aliphatic carbocycles. The lowest BCUT2D eigenvalue weighted by Gasteiger charge is -2.21. The van der Waals surface area contributed by atoms with Crippen LogP contribution in [0.15, 0.2) is 12.3 Å². The largest absolute Gasteiger partial charge is 0.481 e. The molecule has 1 saturated heterocycles. The Morgan fingerprint density at radius 3 is 2.89 bits per heavy atom. The number of rotatable bonds is 3. The fourth-order valence-corrected chi connectivity index (χ4v) is 2.25. The first kappa shape index (κ1) is 13.5. The lowest BCUT2D eigenvalue weighted by Crippen LogP contribution is -2.33. The van der Waals surface area contributed by atoms with E-state index in [9.17, 15) is 4.79 Å². The van der Waals surface area contributed by atoms with Gasteiger partial charge in [0.1, 0.15) is 0 Å². The van der Waals surface area contributed by atoms with Crippen LogP contribution in [-0.4, -0.2) is 31.2 Å². The number of pyridine rings is 1. The molecule has 0 amide bonds. The molecule has 98 valence electrons. The van der Waals surface area contributed by atoms with E-state index < -0.39 is 0 Å². The molecule has 0 atom stereocenters. The lowest BCUT2D eigenvalue weighted by molar-refractivity contribution is -0.139. The molecule has 0 bridgehead atoms. The maximum atomic E-state index is 12.0. The molecule has 2 heterocycles. The summed E-state index contributed by atoms with van der Waals surface area (Å²) in [5, 5.41) is 3.22. The molecule has 1 aliphatic rings. The zero-order valence-corrected chi connectivity index (χ0v) is 12.3. The summed E-state index contributed by atoms with van der Waals surface area (Å²) in [6.07, 6.45) is 3.29. The van der Waals surface area contributed by atoms with Gasteiger partial charge in [-0.25, -0.2) is 4.98 Å². The average Bonchev–Trinajstić information content (AvgIpc) is 2.42. The Hall–Kier alpha value is -0.890. The van der Waals surface area contributed by atoms with Crippen LogP contribution in [0.5, 0.6) is 11.6 Å². The van der Waals surface area contributed by atoms with Crippen LogP contribution in [0.2, 0.25) is 0 Å². The number of carbonyl (C=O) groups is 1. The third-order valence-electron chi connectivity index (χ3n) is 2.89. The minimum absolute atomic E-state index is 0.0128. The molecule has 1 aliphatic heterocycles. The van der Waals surface area contributed by atoms with Gasteiger partial charge in [-0.3, -0.25) is 4.79 Å². The topological polar surface area (TPSA) is 60.5 Å². The molecule has 1 aromatic heterocycles. The number of halogens is 1. The number of hydrogen-bond acceptors (Lipinski definition) is 5. The van der Waals surface area contributed by atoms with Crippen molar-refractivity contribution >= 4 is 28.6 Å². The minimum Gasteiger partial charge on any atom is -0.481 e. The molecule has 0 saturated carbocycles. The number of methoxy groups -OCH3 is 1. The Balaban J connectivity index is 2.05. The van der Waals surface area contributed by atoms with E-state index in [0.29, 0.717) is 11.6 Å². The molecule has 5 nitrogen and oxygen atoms in total. The van der Waals surface area contributed by atoms with Gasteiger partial charge in [0.25, 0.3) is 0 Å². The monoisotopic (exact) mass is 362 g/mol. The summed E-state index contributed by atoms with van der Waals surface area (Å²) in [6.45, 7) is 1.74. The van der Waals surface area contributed by atoms with Crippen molar-refractivity contribution in [1.82, 2.24) is 10.3 Å². The summed E-state index contributed by atoms with van der Waals surface area (Å²) in [7, 11) is 1.54. The van der Waals surface area contributed by atoms with Gasteiger partial charge < -0.3 is 14.8 Å². The normalized spacial score (nSPS) is 16.3.